The van der Waals surface area contributed by atoms with Crippen LogP contribution in [0.15, 0.2) is 40.8 Å². The summed E-state index contributed by atoms with van der Waals surface area (Å²) in [5.41, 5.74) is 1.88. The van der Waals surface area contributed by atoms with Crippen LogP contribution in [-0.2, 0) is 17.9 Å². The molecule has 1 aromatic carbocycles. The third-order valence-corrected chi connectivity index (χ3v) is 7.19. The average molecular weight is 450 g/mol. The normalized spacial score (nSPS) is 21.3. The lowest BCUT2D eigenvalue weighted by Crippen LogP contribution is -2.64. The minimum absolute atomic E-state index is 0.106. The second kappa shape index (κ2) is 8.28. The summed E-state index contributed by atoms with van der Waals surface area (Å²) in [6.07, 6.45) is 5.45. The van der Waals surface area contributed by atoms with Gasteiger partial charge in [0.05, 0.1) is 25.7 Å². The second-order valence-corrected chi connectivity index (χ2v) is 9.51. The van der Waals surface area contributed by atoms with Crippen LogP contribution in [-0.4, -0.2) is 40.0 Å². The highest BCUT2D eigenvalue weighted by molar-refractivity contribution is 6.03. The zero-order valence-corrected chi connectivity index (χ0v) is 19.5. The molecule has 2 aliphatic rings. The molecule has 2 aromatic heterocycles. The van der Waals surface area contributed by atoms with Gasteiger partial charge in [0.25, 0.3) is 5.91 Å². The van der Waals surface area contributed by atoms with Crippen molar-refractivity contribution >= 4 is 22.9 Å². The van der Waals surface area contributed by atoms with E-state index in [2.05, 4.69) is 5.32 Å². The van der Waals surface area contributed by atoms with Gasteiger partial charge in [-0.25, -0.2) is 0 Å². The Morgan fingerprint density at radius 3 is 2.73 bits per heavy atom. The van der Waals surface area contributed by atoms with E-state index in [0.717, 1.165) is 42.5 Å². The number of furan rings is 1. The lowest BCUT2D eigenvalue weighted by atomic mass is 9.91. The van der Waals surface area contributed by atoms with Crippen LogP contribution in [0.5, 0.6) is 5.75 Å². The Morgan fingerprint density at radius 2 is 1.97 bits per heavy atom. The number of nitrogens with one attached hydrogen (secondary N) is 1. The first-order valence-electron chi connectivity index (χ1n) is 11.8. The molecule has 1 aliphatic carbocycles. The fourth-order valence-electron chi connectivity index (χ4n) is 5.30. The molecule has 33 heavy (non-hydrogen) atoms. The van der Waals surface area contributed by atoms with Crippen LogP contribution in [0.3, 0.4) is 0 Å². The first kappa shape index (κ1) is 21.6. The van der Waals surface area contributed by atoms with Gasteiger partial charge in [0.15, 0.2) is 5.58 Å². The number of amides is 2. The minimum atomic E-state index is -1.06. The van der Waals surface area contributed by atoms with Crippen molar-refractivity contribution in [3.8, 4) is 5.75 Å². The molecule has 0 bridgehead atoms. The van der Waals surface area contributed by atoms with Crippen molar-refractivity contribution in [1.29, 1.82) is 0 Å². The molecule has 0 saturated heterocycles. The Morgan fingerprint density at radius 1 is 1.21 bits per heavy atom. The molecule has 7 heteroatoms. The third kappa shape index (κ3) is 3.69. The van der Waals surface area contributed by atoms with Gasteiger partial charge >= 0.3 is 0 Å². The highest BCUT2D eigenvalue weighted by Crippen LogP contribution is 2.36. The first-order valence-corrected chi connectivity index (χ1v) is 11.8. The van der Waals surface area contributed by atoms with Crippen molar-refractivity contribution in [2.24, 2.45) is 0 Å². The maximum atomic E-state index is 13.8. The predicted octanol–water partition coefficient (Wildman–Crippen LogP) is 4.41. The molecule has 0 spiro atoms. The molecule has 0 radical (unpaired) electrons. The minimum Gasteiger partial charge on any atom is -0.496 e. The zero-order chi connectivity index (χ0) is 23.2. The van der Waals surface area contributed by atoms with Gasteiger partial charge < -0.3 is 23.9 Å². The monoisotopic (exact) mass is 449 g/mol. The molecular weight excluding hydrogens is 418 g/mol. The predicted molar refractivity (Wildman–Crippen MR) is 125 cm³/mol. The summed E-state index contributed by atoms with van der Waals surface area (Å²) in [6, 6.07) is 11.5. The number of benzene rings is 1. The topological polar surface area (TPSA) is 76.7 Å². The van der Waals surface area contributed by atoms with Gasteiger partial charge in [0.2, 0.25) is 5.91 Å². The summed E-state index contributed by atoms with van der Waals surface area (Å²) in [4.78, 5) is 29.3. The van der Waals surface area contributed by atoms with E-state index in [-0.39, 0.29) is 24.4 Å². The number of fused-ring (bicyclic) bond motifs is 3. The molecule has 2 amide bonds. The van der Waals surface area contributed by atoms with E-state index >= 15 is 0 Å². The Kier molecular flexibility index (Phi) is 5.43. The number of hydrogen-bond acceptors (Lipinski definition) is 4. The second-order valence-electron chi connectivity index (χ2n) is 9.51. The van der Waals surface area contributed by atoms with Gasteiger partial charge in [-0.1, -0.05) is 37.5 Å². The largest absolute Gasteiger partial charge is 0.496 e. The number of hydrogen-bond donors (Lipinski definition) is 1. The number of ether oxygens (including phenoxy) is 1. The number of carbonyl (C=O) groups excluding carboxylic acids is 2. The lowest BCUT2D eigenvalue weighted by Gasteiger charge is -2.45. The molecule has 174 valence electrons. The molecule has 1 N–H and O–H groups in total. The number of para-hydroxylation sites is 1. The van der Waals surface area contributed by atoms with Crippen molar-refractivity contribution in [2.45, 2.75) is 70.6 Å². The van der Waals surface area contributed by atoms with Crippen LogP contribution >= 0.6 is 0 Å². The number of nitrogens with zero attached hydrogens (tertiary/aromatic N) is 2. The maximum Gasteiger partial charge on any atom is 0.271 e. The van der Waals surface area contributed by atoms with E-state index < -0.39 is 5.54 Å². The molecule has 7 nitrogen and oxygen atoms in total. The van der Waals surface area contributed by atoms with Crippen molar-refractivity contribution in [2.75, 3.05) is 7.11 Å². The van der Waals surface area contributed by atoms with E-state index in [9.17, 15) is 9.59 Å². The molecule has 1 aliphatic heterocycles. The van der Waals surface area contributed by atoms with Crippen LogP contribution < -0.4 is 10.1 Å². The van der Waals surface area contributed by atoms with Crippen LogP contribution in [0.2, 0.25) is 0 Å². The van der Waals surface area contributed by atoms with Crippen molar-refractivity contribution < 1.29 is 18.7 Å². The smallest absolute Gasteiger partial charge is 0.271 e. The van der Waals surface area contributed by atoms with Crippen LogP contribution in [0, 0.1) is 6.92 Å². The number of carbonyl (C=O) groups is 2. The van der Waals surface area contributed by atoms with E-state index in [1.165, 1.54) is 6.42 Å². The van der Waals surface area contributed by atoms with E-state index in [1.807, 2.05) is 48.7 Å². The summed E-state index contributed by atoms with van der Waals surface area (Å²) in [7, 11) is 1.62. The number of rotatable bonds is 5. The van der Waals surface area contributed by atoms with Gasteiger partial charge in [-0.2, -0.15) is 0 Å². The highest BCUT2D eigenvalue weighted by Gasteiger charge is 2.48. The van der Waals surface area contributed by atoms with Crippen molar-refractivity contribution in [1.82, 2.24) is 14.8 Å². The van der Waals surface area contributed by atoms with Gasteiger partial charge in [-0.15, -0.1) is 0 Å². The van der Waals surface area contributed by atoms with Crippen molar-refractivity contribution in [3.63, 3.8) is 0 Å². The molecule has 5 rings (SSSR count). The first-order chi connectivity index (χ1) is 15.9. The van der Waals surface area contributed by atoms with E-state index in [1.54, 1.807) is 18.1 Å². The summed E-state index contributed by atoms with van der Waals surface area (Å²) in [6.45, 7) is 4.41. The lowest BCUT2D eigenvalue weighted by molar-refractivity contribution is -0.134. The summed E-state index contributed by atoms with van der Waals surface area (Å²) < 4.78 is 13.3. The molecule has 3 heterocycles. The highest BCUT2D eigenvalue weighted by atomic mass is 16.5. The fourth-order valence-corrected chi connectivity index (χ4v) is 5.30. The number of methoxy groups -OCH3 is 1. The molecule has 3 aromatic rings. The van der Waals surface area contributed by atoms with Crippen LogP contribution in [0.4, 0.5) is 0 Å². The standard InChI is InChI=1S/C26H31N3O4/c1-17-13-20-23(33-17)14-21-24(30)29(15-18-9-7-8-12-22(18)32-3)26(2,16-28(20)21)25(31)27-19-10-5-4-6-11-19/h7-9,12-14,19H,4-6,10-11,15-16H2,1-3H3,(H,27,31)/t26-/m1/s1. The Hall–Kier alpha value is -3.22. The summed E-state index contributed by atoms with van der Waals surface area (Å²) in [5.74, 6) is 1.20. The van der Waals surface area contributed by atoms with Gasteiger partial charge in [-0.3, -0.25) is 9.59 Å². The quantitative estimate of drug-likeness (QED) is 0.626. The Labute approximate surface area is 193 Å². The van der Waals surface area contributed by atoms with E-state index in [0.29, 0.717) is 23.6 Å². The SMILES string of the molecule is COc1ccccc1CN1C(=O)c2cc3oc(C)cc3n2C[C@]1(C)C(=O)NC1CCCCC1. The zero-order valence-electron chi connectivity index (χ0n) is 19.5. The summed E-state index contributed by atoms with van der Waals surface area (Å²) >= 11 is 0. The average Bonchev–Trinajstić information content (AvgIpc) is 3.34. The Balaban J connectivity index is 1.56. The van der Waals surface area contributed by atoms with Crippen molar-refractivity contribution in [3.05, 3.63) is 53.4 Å². The molecular formula is C26H31N3O4. The maximum absolute atomic E-state index is 13.8. The third-order valence-electron chi connectivity index (χ3n) is 7.19. The van der Waals surface area contributed by atoms with Gasteiger partial charge in [-0.05, 0) is 32.8 Å². The molecule has 1 fully saturated rings. The van der Waals surface area contributed by atoms with Crippen LogP contribution in [0.25, 0.3) is 11.1 Å². The Bertz CT molecular complexity index is 1200. The molecule has 1 atom stereocenters. The van der Waals surface area contributed by atoms with Crippen LogP contribution in [0.1, 0.15) is 60.8 Å². The van der Waals surface area contributed by atoms with Gasteiger partial charge in [0, 0.05) is 23.7 Å². The fraction of sp³-hybridized carbons (Fsp3) is 0.462. The van der Waals surface area contributed by atoms with Gasteiger partial charge in [0.1, 0.15) is 22.7 Å². The number of aryl methyl sites for hydroxylation is 1. The van der Waals surface area contributed by atoms with E-state index in [4.69, 9.17) is 9.15 Å². The molecule has 1 saturated carbocycles. The number of aromatic nitrogens is 1. The summed E-state index contributed by atoms with van der Waals surface area (Å²) in [5, 5.41) is 3.27. The molecule has 0 unspecified atom stereocenters.